The summed E-state index contributed by atoms with van der Waals surface area (Å²) in [5.74, 6) is 0.787. The zero-order chi connectivity index (χ0) is 13.1. The van der Waals surface area contributed by atoms with E-state index in [1.165, 1.54) is 57.8 Å². The van der Waals surface area contributed by atoms with Gasteiger partial charge in [0.2, 0.25) is 0 Å². The third-order valence-corrected chi connectivity index (χ3v) is 3.45. The van der Waals surface area contributed by atoms with Crippen molar-refractivity contribution in [1.29, 1.82) is 0 Å². The van der Waals surface area contributed by atoms with Crippen LogP contribution in [0.15, 0.2) is 12.4 Å². The second kappa shape index (κ2) is 9.98. The lowest BCUT2D eigenvalue weighted by molar-refractivity contribution is 0.175. The van der Waals surface area contributed by atoms with Crippen LogP contribution in [0.3, 0.4) is 0 Å². The molecule has 3 nitrogen and oxygen atoms in total. The maximum Gasteiger partial charge on any atom is 0.144 e. The minimum atomic E-state index is 0.787. The van der Waals surface area contributed by atoms with Crippen LogP contribution in [0.1, 0.15) is 77.0 Å². The number of hydrogen-bond donors (Lipinski definition) is 1. The molecule has 0 aliphatic heterocycles. The molecule has 1 aromatic heterocycles. The van der Waals surface area contributed by atoms with Crippen molar-refractivity contribution in [2.24, 2.45) is 0 Å². The Morgan fingerprint density at radius 2 is 1.50 bits per heavy atom. The monoisotopic (exact) mass is 252 g/mol. The molecular formula is C15H28N2O. The third kappa shape index (κ3) is 6.67. The third-order valence-electron chi connectivity index (χ3n) is 3.45. The van der Waals surface area contributed by atoms with Gasteiger partial charge >= 0.3 is 0 Å². The molecule has 0 bridgehead atoms. The highest BCUT2D eigenvalue weighted by Crippen LogP contribution is 2.11. The van der Waals surface area contributed by atoms with E-state index in [1.54, 1.807) is 12.4 Å². The van der Waals surface area contributed by atoms with Gasteiger partial charge in [-0.25, -0.2) is 4.98 Å². The first-order valence-corrected chi connectivity index (χ1v) is 7.56. The van der Waals surface area contributed by atoms with Crippen LogP contribution in [-0.2, 0) is 6.42 Å². The lowest BCUT2D eigenvalue weighted by Gasteiger charge is -2.02. The summed E-state index contributed by atoms with van der Waals surface area (Å²) in [5.41, 5.74) is 0. The van der Waals surface area contributed by atoms with Crippen LogP contribution in [0.5, 0.6) is 0 Å². The molecule has 0 radical (unpaired) electrons. The Kier molecular flexibility index (Phi) is 8.36. The maximum absolute atomic E-state index is 9.35. The van der Waals surface area contributed by atoms with Gasteiger partial charge in [-0.15, -0.1) is 0 Å². The van der Waals surface area contributed by atoms with Crippen molar-refractivity contribution in [3.63, 3.8) is 0 Å². The Bertz CT molecular complexity index is 296. The predicted octanol–water partition coefficient (Wildman–Crippen LogP) is 4.58. The second-order valence-electron chi connectivity index (χ2n) is 5.12. The summed E-state index contributed by atoms with van der Waals surface area (Å²) in [4.78, 5) is 4.10. The lowest BCUT2D eigenvalue weighted by Crippen LogP contribution is -1.98. The molecule has 0 unspecified atom stereocenters. The van der Waals surface area contributed by atoms with Crippen molar-refractivity contribution in [1.82, 2.24) is 9.71 Å². The fraction of sp³-hybridized carbons (Fsp3) is 0.800. The number of unbranched alkanes of at least 4 members (excludes halogenated alkanes) is 9. The molecule has 0 spiro atoms. The molecule has 3 heteroatoms. The molecule has 1 N–H and O–H groups in total. The average Bonchev–Trinajstić information content (AvgIpc) is 2.77. The van der Waals surface area contributed by atoms with Gasteiger partial charge in [-0.2, -0.15) is 4.73 Å². The molecule has 0 aliphatic rings. The van der Waals surface area contributed by atoms with E-state index in [0.29, 0.717) is 0 Å². The number of imidazole rings is 1. The standard InChI is InChI=1S/C15H28N2O/c1-2-3-4-5-6-7-8-9-10-11-12-15-16-13-14-17(15)18/h13-14,18H,2-12H2,1H3. The van der Waals surface area contributed by atoms with E-state index in [2.05, 4.69) is 11.9 Å². The Morgan fingerprint density at radius 3 is 2.00 bits per heavy atom. The summed E-state index contributed by atoms with van der Waals surface area (Å²) >= 11 is 0. The molecule has 0 atom stereocenters. The van der Waals surface area contributed by atoms with Gasteiger partial charge in [-0.3, -0.25) is 0 Å². The molecule has 1 heterocycles. The van der Waals surface area contributed by atoms with Crippen LogP contribution >= 0.6 is 0 Å². The molecule has 1 aromatic rings. The first-order valence-electron chi connectivity index (χ1n) is 7.56. The summed E-state index contributed by atoms with van der Waals surface area (Å²) < 4.78 is 1.13. The summed E-state index contributed by atoms with van der Waals surface area (Å²) in [5, 5.41) is 9.35. The minimum Gasteiger partial charge on any atom is -0.427 e. The fourth-order valence-electron chi connectivity index (χ4n) is 2.28. The van der Waals surface area contributed by atoms with Gasteiger partial charge in [0.25, 0.3) is 0 Å². The first-order chi connectivity index (χ1) is 8.84. The van der Waals surface area contributed by atoms with E-state index in [0.717, 1.165) is 23.4 Å². The largest absolute Gasteiger partial charge is 0.427 e. The van der Waals surface area contributed by atoms with Gasteiger partial charge in [-0.05, 0) is 6.42 Å². The van der Waals surface area contributed by atoms with Crippen molar-refractivity contribution in [2.75, 3.05) is 0 Å². The van der Waals surface area contributed by atoms with Gasteiger partial charge in [0.05, 0.1) is 6.20 Å². The van der Waals surface area contributed by atoms with Gasteiger partial charge in [-0.1, -0.05) is 64.7 Å². The van der Waals surface area contributed by atoms with Crippen LogP contribution in [0, 0.1) is 0 Å². The van der Waals surface area contributed by atoms with Crippen LogP contribution < -0.4 is 0 Å². The molecular weight excluding hydrogens is 224 g/mol. The van der Waals surface area contributed by atoms with Crippen LogP contribution in [0.4, 0.5) is 0 Å². The van der Waals surface area contributed by atoms with Crippen molar-refractivity contribution in [3.05, 3.63) is 18.2 Å². The Morgan fingerprint density at radius 1 is 0.944 bits per heavy atom. The van der Waals surface area contributed by atoms with E-state index >= 15 is 0 Å². The predicted molar refractivity (Wildman–Crippen MR) is 75.0 cm³/mol. The lowest BCUT2D eigenvalue weighted by atomic mass is 10.1. The molecule has 0 fully saturated rings. The summed E-state index contributed by atoms with van der Waals surface area (Å²) in [6.07, 6.45) is 17.5. The molecule has 18 heavy (non-hydrogen) atoms. The van der Waals surface area contributed by atoms with Crippen LogP contribution in [0.25, 0.3) is 0 Å². The first kappa shape index (κ1) is 15.1. The Balaban J connectivity index is 1.83. The Hall–Kier alpha value is -0.990. The van der Waals surface area contributed by atoms with E-state index < -0.39 is 0 Å². The van der Waals surface area contributed by atoms with Crippen molar-refractivity contribution >= 4 is 0 Å². The van der Waals surface area contributed by atoms with E-state index in [1.807, 2.05) is 0 Å². The normalized spacial score (nSPS) is 10.9. The van der Waals surface area contributed by atoms with Gasteiger partial charge in [0.1, 0.15) is 5.82 Å². The van der Waals surface area contributed by atoms with Gasteiger partial charge in [0.15, 0.2) is 0 Å². The summed E-state index contributed by atoms with van der Waals surface area (Å²) in [6, 6.07) is 0. The molecule has 1 rings (SSSR count). The second-order valence-corrected chi connectivity index (χ2v) is 5.12. The minimum absolute atomic E-state index is 0.787. The van der Waals surface area contributed by atoms with E-state index in [4.69, 9.17) is 0 Å². The van der Waals surface area contributed by atoms with Crippen LogP contribution in [0.2, 0.25) is 0 Å². The zero-order valence-electron chi connectivity index (χ0n) is 11.8. The van der Waals surface area contributed by atoms with Crippen molar-refractivity contribution < 1.29 is 5.21 Å². The summed E-state index contributed by atoms with van der Waals surface area (Å²) in [6.45, 7) is 2.26. The van der Waals surface area contributed by atoms with Crippen molar-refractivity contribution in [2.45, 2.75) is 77.6 Å². The fourth-order valence-corrected chi connectivity index (χ4v) is 2.28. The number of hydrogen-bond acceptors (Lipinski definition) is 2. The smallest absolute Gasteiger partial charge is 0.144 e. The number of rotatable bonds is 11. The zero-order valence-corrected chi connectivity index (χ0v) is 11.8. The van der Waals surface area contributed by atoms with Crippen molar-refractivity contribution in [3.8, 4) is 0 Å². The van der Waals surface area contributed by atoms with Crippen LogP contribution in [-0.4, -0.2) is 14.9 Å². The number of nitrogens with zero attached hydrogens (tertiary/aromatic N) is 2. The summed E-state index contributed by atoms with van der Waals surface area (Å²) in [7, 11) is 0. The topological polar surface area (TPSA) is 38.0 Å². The highest BCUT2D eigenvalue weighted by Gasteiger charge is 2.00. The SMILES string of the molecule is CCCCCCCCCCCCc1nccn1O. The average molecular weight is 252 g/mol. The quantitative estimate of drug-likeness (QED) is 0.462. The molecule has 0 saturated heterocycles. The molecule has 0 aromatic carbocycles. The van der Waals surface area contributed by atoms with E-state index in [9.17, 15) is 5.21 Å². The highest BCUT2D eigenvalue weighted by atomic mass is 16.5. The number of aromatic nitrogens is 2. The maximum atomic E-state index is 9.35. The molecule has 0 aliphatic carbocycles. The Labute approximate surface area is 111 Å². The molecule has 0 amide bonds. The van der Waals surface area contributed by atoms with Gasteiger partial charge in [0, 0.05) is 12.6 Å². The highest BCUT2D eigenvalue weighted by molar-refractivity contribution is 4.88. The molecule has 0 saturated carbocycles. The number of aryl methyl sites for hydroxylation is 1. The van der Waals surface area contributed by atoms with E-state index in [-0.39, 0.29) is 0 Å². The van der Waals surface area contributed by atoms with Gasteiger partial charge < -0.3 is 5.21 Å². The molecule has 104 valence electrons.